The van der Waals surface area contributed by atoms with E-state index in [-0.39, 0.29) is 0 Å². The Hall–Kier alpha value is -1.13. The van der Waals surface area contributed by atoms with Gasteiger partial charge in [-0.15, -0.1) is 0 Å². The molecule has 3 rings (SSSR count). The first-order chi connectivity index (χ1) is 9.88. The SMILES string of the molecule is CCCNCc1cccc(N2CCOC3CCCC32)n1. The van der Waals surface area contributed by atoms with E-state index >= 15 is 0 Å². The van der Waals surface area contributed by atoms with Crippen molar-refractivity contribution in [1.29, 1.82) is 0 Å². The quantitative estimate of drug-likeness (QED) is 0.837. The number of fused-ring (bicyclic) bond motifs is 1. The van der Waals surface area contributed by atoms with Crippen molar-refractivity contribution in [3.8, 4) is 0 Å². The zero-order chi connectivity index (χ0) is 13.8. The Morgan fingerprint density at radius 3 is 3.25 bits per heavy atom. The van der Waals surface area contributed by atoms with Crippen molar-refractivity contribution in [3.05, 3.63) is 23.9 Å². The second-order valence-corrected chi connectivity index (χ2v) is 5.76. The average Bonchev–Trinajstić information content (AvgIpc) is 2.96. The second kappa shape index (κ2) is 6.55. The summed E-state index contributed by atoms with van der Waals surface area (Å²) >= 11 is 0. The molecule has 4 nitrogen and oxygen atoms in total. The van der Waals surface area contributed by atoms with E-state index < -0.39 is 0 Å². The molecule has 110 valence electrons. The van der Waals surface area contributed by atoms with E-state index in [2.05, 4.69) is 35.3 Å². The highest BCUT2D eigenvalue weighted by Gasteiger charge is 2.36. The van der Waals surface area contributed by atoms with Crippen LogP contribution in [0.3, 0.4) is 0 Å². The van der Waals surface area contributed by atoms with Gasteiger partial charge in [0, 0.05) is 13.1 Å². The van der Waals surface area contributed by atoms with Crippen LogP contribution in [0, 0.1) is 0 Å². The van der Waals surface area contributed by atoms with E-state index in [1.165, 1.54) is 19.3 Å². The van der Waals surface area contributed by atoms with Crippen LogP contribution in [0.25, 0.3) is 0 Å². The van der Waals surface area contributed by atoms with Gasteiger partial charge in [-0.25, -0.2) is 4.98 Å². The van der Waals surface area contributed by atoms with Crippen LogP contribution in [0.5, 0.6) is 0 Å². The summed E-state index contributed by atoms with van der Waals surface area (Å²) in [6.45, 7) is 5.90. The minimum atomic E-state index is 0.424. The lowest BCUT2D eigenvalue weighted by molar-refractivity contribution is 0.0253. The Balaban J connectivity index is 1.70. The maximum atomic E-state index is 5.88. The van der Waals surface area contributed by atoms with Crippen molar-refractivity contribution in [2.24, 2.45) is 0 Å². The van der Waals surface area contributed by atoms with Gasteiger partial charge in [-0.3, -0.25) is 0 Å². The van der Waals surface area contributed by atoms with Crippen LogP contribution in [-0.2, 0) is 11.3 Å². The van der Waals surface area contributed by atoms with E-state index in [9.17, 15) is 0 Å². The van der Waals surface area contributed by atoms with Crippen LogP contribution >= 0.6 is 0 Å². The van der Waals surface area contributed by atoms with E-state index in [0.717, 1.165) is 44.2 Å². The number of ether oxygens (including phenoxy) is 1. The molecule has 1 saturated carbocycles. The number of hydrogen-bond donors (Lipinski definition) is 1. The van der Waals surface area contributed by atoms with Gasteiger partial charge in [0.2, 0.25) is 0 Å². The van der Waals surface area contributed by atoms with Crippen LogP contribution in [0.15, 0.2) is 18.2 Å². The molecule has 1 saturated heterocycles. The van der Waals surface area contributed by atoms with E-state index in [4.69, 9.17) is 9.72 Å². The number of hydrogen-bond acceptors (Lipinski definition) is 4. The molecule has 20 heavy (non-hydrogen) atoms. The molecule has 2 unspecified atom stereocenters. The molecule has 2 fully saturated rings. The Labute approximate surface area is 121 Å². The molecule has 2 heterocycles. The van der Waals surface area contributed by atoms with Gasteiger partial charge in [0.1, 0.15) is 5.82 Å². The molecule has 0 spiro atoms. The van der Waals surface area contributed by atoms with Gasteiger partial charge >= 0.3 is 0 Å². The maximum Gasteiger partial charge on any atom is 0.129 e. The van der Waals surface area contributed by atoms with Crippen LogP contribution in [-0.4, -0.2) is 36.8 Å². The predicted molar refractivity (Wildman–Crippen MR) is 81.0 cm³/mol. The minimum absolute atomic E-state index is 0.424. The summed E-state index contributed by atoms with van der Waals surface area (Å²) in [7, 11) is 0. The Bertz CT molecular complexity index is 437. The normalized spacial score (nSPS) is 25.8. The van der Waals surface area contributed by atoms with Gasteiger partial charge in [0.25, 0.3) is 0 Å². The van der Waals surface area contributed by atoms with Crippen LogP contribution in [0.4, 0.5) is 5.82 Å². The Morgan fingerprint density at radius 1 is 1.40 bits per heavy atom. The number of nitrogens with zero attached hydrogens (tertiary/aromatic N) is 2. The molecule has 2 atom stereocenters. The molecule has 0 aromatic carbocycles. The third kappa shape index (κ3) is 2.96. The standard InChI is InChI=1S/C16H25N3O/c1-2-9-17-12-13-5-3-8-16(18-13)19-10-11-20-15-7-4-6-14(15)19/h3,5,8,14-15,17H,2,4,6-7,9-12H2,1H3. The third-order valence-corrected chi connectivity index (χ3v) is 4.30. The zero-order valence-electron chi connectivity index (χ0n) is 12.3. The highest BCUT2D eigenvalue weighted by molar-refractivity contribution is 5.42. The first-order valence-corrected chi connectivity index (χ1v) is 7.93. The molecule has 1 aromatic rings. The molecule has 0 amide bonds. The van der Waals surface area contributed by atoms with Gasteiger partial charge in [-0.2, -0.15) is 0 Å². The Morgan fingerprint density at radius 2 is 2.35 bits per heavy atom. The topological polar surface area (TPSA) is 37.4 Å². The number of rotatable bonds is 5. The van der Waals surface area contributed by atoms with Crippen molar-refractivity contribution >= 4 is 5.82 Å². The first-order valence-electron chi connectivity index (χ1n) is 7.93. The number of nitrogens with one attached hydrogen (secondary N) is 1. The lowest BCUT2D eigenvalue weighted by atomic mass is 10.1. The minimum Gasteiger partial charge on any atom is -0.374 e. The van der Waals surface area contributed by atoms with Crippen LogP contribution in [0.2, 0.25) is 0 Å². The number of anilines is 1. The molecule has 1 N–H and O–H groups in total. The van der Waals surface area contributed by atoms with Crippen LogP contribution < -0.4 is 10.2 Å². The fourth-order valence-electron chi connectivity index (χ4n) is 3.33. The zero-order valence-corrected chi connectivity index (χ0v) is 12.3. The molecule has 1 aliphatic heterocycles. The van der Waals surface area contributed by atoms with Crippen molar-refractivity contribution < 1.29 is 4.74 Å². The Kier molecular flexibility index (Phi) is 4.53. The maximum absolute atomic E-state index is 5.88. The summed E-state index contributed by atoms with van der Waals surface area (Å²) in [4.78, 5) is 7.30. The van der Waals surface area contributed by atoms with E-state index in [1.807, 2.05) is 0 Å². The summed E-state index contributed by atoms with van der Waals surface area (Å²) in [5, 5.41) is 3.42. The smallest absolute Gasteiger partial charge is 0.129 e. The monoisotopic (exact) mass is 275 g/mol. The fraction of sp³-hybridized carbons (Fsp3) is 0.688. The lowest BCUT2D eigenvalue weighted by Crippen LogP contribution is -2.49. The molecule has 1 aromatic heterocycles. The summed E-state index contributed by atoms with van der Waals surface area (Å²) in [6, 6.07) is 6.92. The second-order valence-electron chi connectivity index (χ2n) is 5.76. The molecular formula is C16H25N3O. The molecule has 4 heteroatoms. The highest BCUT2D eigenvalue weighted by Crippen LogP contribution is 2.32. The van der Waals surface area contributed by atoms with Gasteiger partial charge < -0.3 is 15.0 Å². The number of pyridine rings is 1. The average molecular weight is 275 g/mol. The van der Waals surface area contributed by atoms with Gasteiger partial charge in [-0.05, 0) is 44.4 Å². The third-order valence-electron chi connectivity index (χ3n) is 4.30. The number of morpholine rings is 1. The van der Waals surface area contributed by atoms with Crippen LogP contribution in [0.1, 0.15) is 38.3 Å². The molecule has 0 radical (unpaired) electrons. The summed E-state index contributed by atoms with van der Waals surface area (Å²) in [5.41, 5.74) is 1.14. The van der Waals surface area contributed by atoms with Gasteiger partial charge in [0.15, 0.2) is 0 Å². The first kappa shape index (κ1) is 13.8. The van der Waals surface area contributed by atoms with E-state index in [1.54, 1.807) is 0 Å². The van der Waals surface area contributed by atoms with Gasteiger partial charge in [-0.1, -0.05) is 13.0 Å². The molecule has 2 aliphatic rings. The van der Waals surface area contributed by atoms with Crippen molar-refractivity contribution in [2.45, 2.75) is 51.3 Å². The van der Waals surface area contributed by atoms with Crippen molar-refractivity contribution in [2.75, 3.05) is 24.6 Å². The summed E-state index contributed by atoms with van der Waals surface area (Å²) in [6.07, 6.45) is 5.31. The van der Waals surface area contributed by atoms with Crippen molar-refractivity contribution in [1.82, 2.24) is 10.3 Å². The summed E-state index contributed by atoms with van der Waals surface area (Å²) in [5.74, 6) is 1.13. The fourth-order valence-corrected chi connectivity index (χ4v) is 3.33. The lowest BCUT2D eigenvalue weighted by Gasteiger charge is -2.38. The number of aromatic nitrogens is 1. The molecule has 1 aliphatic carbocycles. The highest BCUT2D eigenvalue weighted by atomic mass is 16.5. The van der Waals surface area contributed by atoms with Gasteiger partial charge in [0.05, 0.1) is 24.4 Å². The molecular weight excluding hydrogens is 250 g/mol. The largest absolute Gasteiger partial charge is 0.374 e. The van der Waals surface area contributed by atoms with E-state index in [0.29, 0.717) is 12.1 Å². The summed E-state index contributed by atoms with van der Waals surface area (Å²) < 4.78 is 5.88. The predicted octanol–water partition coefficient (Wildman–Crippen LogP) is 2.34. The van der Waals surface area contributed by atoms with Crippen molar-refractivity contribution in [3.63, 3.8) is 0 Å². The molecule has 0 bridgehead atoms.